The summed E-state index contributed by atoms with van der Waals surface area (Å²) < 4.78 is 54.2. The van der Waals surface area contributed by atoms with E-state index in [0.717, 1.165) is 12.1 Å². The Bertz CT molecular complexity index is 1020. The fourth-order valence-electron chi connectivity index (χ4n) is 3.18. The minimum atomic E-state index is -4.46. The average Bonchev–Trinajstić information content (AvgIpc) is 2.81. The second kappa shape index (κ2) is 12.8. The number of hydrogen-bond donors (Lipinski definition) is 0. The van der Waals surface area contributed by atoms with Gasteiger partial charge in [0.05, 0.1) is 25.9 Å². The van der Waals surface area contributed by atoms with Crippen molar-refractivity contribution in [3.8, 4) is 11.5 Å². The summed E-state index contributed by atoms with van der Waals surface area (Å²) >= 11 is 0. The summed E-state index contributed by atoms with van der Waals surface area (Å²) in [5.74, 6) is -0.303. The lowest BCUT2D eigenvalue weighted by atomic mass is 10.1. The van der Waals surface area contributed by atoms with Crippen molar-refractivity contribution in [2.24, 2.45) is 0 Å². The first-order valence-corrected chi connectivity index (χ1v) is 11.0. The molecule has 1 amide bonds. The summed E-state index contributed by atoms with van der Waals surface area (Å²) in [5.41, 5.74) is 0.123. The highest BCUT2D eigenvalue weighted by atomic mass is 19.4. The van der Waals surface area contributed by atoms with Crippen molar-refractivity contribution in [1.82, 2.24) is 4.90 Å². The second-order valence-corrected chi connectivity index (χ2v) is 7.62. The first kappa shape index (κ1) is 27.7. The van der Waals surface area contributed by atoms with Gasteiger partial charge >= 0.3 is 12.1 Å². The van der Waals surface area contributed by atoms with Gasteiger partial charge in [-0.25, -0.2) is 0 Å². The molecule has 0 aliphatic carbocycles. The first-order chi connectivity index (χ1) is 16.5. The molecule has 0 saturated heterocycles. The van der Waals surface area contributed by atoms with Gasteiger partial charge in [-0.2, -0.15) is 13.2 Å². The van der Waals surface area contributed by atoms with Crippen molar-refractivity contribution in [2.75, 3.05) is 26.9 Å². The fourth-order valence-corrected chi connectivity index (χ4v) is 3.18. The number of ketones is 1. The van der Waals surface area contributed by atoms with E-state index in [1.807, 2.05) is 0 Å². The number of halogens is 3. The topological polar surface area (TPSA) is 82.1 Å². The number of ether oxygens (including phenoxy) is 3. The molecule has 7 nitrogen and oxygen atoms in total. The van der Waals surface area contributed by atoms with Crippen molar-refractivity contribution in [2.45, 2.75) is 39.4 Å². The molecule has 2 aromatic carbocycles. The molecular weight excluding hydrogens is 467 g/mol. The maximum absolute atomic E-state index is 12.8. The molecule has 190 valence electrons. The monoisotopic (exact) mass is 495 g/mol. The summed E-state index contributed by atoms with van der Waals surface area (Å²) in [4.78, 5) is 37.5. The lowest BCUT2D eigenvalue weighted by molar-refractivity contribution is -0.149. The van der Waals surface area contributed by atoms with Crippen LogP contribution in [0.5, 0.6) is 11.5 Å². The Balaban J connectivity index is 1.99. The molecule has 0 aromatic heterocycles. The third-order valence-electron chi connectivity index (χ3n) is 5.00. The molecule has 2 aromatic rings. The molecule has 0 unspecified atom stereocenters. The third kappa shape index (κ3) is 8.62. The molecule has 0 N–H and O–H groups in total. The van der Waals surface area contributed by atoms with Crippen molar-refractivity contribution >= 4 is 17.7 Å². The van der Waals surface area contributed by atoms with E-state index < -0.39 is 17.7 Å². The zero-order valence-electron chi connectivity index (χ0n) is 19.8. The number of benzene rings is 2. The molecule has 0 saturated carbocycles. The number of nitrogens with zero attached hydrogens (tertiary/aromatic N) is 1. The predicted octanol–water partition coefficient (Wildman–Crippen LogP) is 4.67. The molecule has 2 rings (SSSR count). The number of methoxy groups -OCH3 is 1. The number of carbonyl (C=O) groups excluding carboxylic acids is 3. The van der Waals surface area contributed by atoms with Gasteiger partial charge in [-0.1, -0.05) is 12.1 Å². The number of esters is 1. The second-order valence-electron chi connectivity index (χ2n) is 7.62. The van der Waals surface area contributed by atoms with Gasteiger partial charge in [0.1, 0.15) is 6.54 Å². The Morgan fingerprint density at radius 1 is 1.00 bits per heavy atom. The number of alkyl halides is 3. The van der Waals surface area contributed by atoms with E-state index in [0.29, 0.717) is 29.0 Å². The predicted molar refractivity (Wildman–Crippen MR) is 121 cm³/mol. The third-order valence-corrected chi connectivity index (χ3v) is 5.00. The van der Waals surface area contributed by atoms with Crippen molar-refractivity contribution < 1.29 is 41.8 Å². The number of carbonyl (C=O) groups is 3. The summed E-state index contributed by atoms with van der Waals surface area (Å²) in [5, 5.41) is 0. The Kier molecular flexibility index (Phi) is 10.1. The zero-order valence-corrected chi connectivity index (χ0v) is 19.8. The highest BCUT2D eigenvalue weighted by molar-refractivity contribution is 5.94. The standard InChI is InChI=1S/C25H28F3NO6/c1-4-34-24(32)16-29(15-18-7-10-20(11-8-18)25(26,27)28)23(31)6-5-13-35-21-12-9-19(17(2)30)14-22(21)33-3/h7-12,14H,4-6,13,15-16H2,1-3H3. The highest BCUT2D eigenvalue weighted by Crippen LogP contribution is 2.30. The number of amides is 1. The van der Waals surface area contributed by atoms with Gasteiger partial charge in [-0.15, -0.1) is 0 Å². The van der Waals surface area contributed by atoms with Crippen molar-refractivity contribution in [3.05, 3.63) is 59.2 Å². The fraction of sp³-hybridized carbons (Fsp3) is 0.400. The molecule has 0 spiro atoms. The minimum absolute atomic E-state index is 0.0356. The molecular formula is C25H28F3NO6. The first-order valence-electron chi connectivity index (χ1n) is 11.0. The van der Waals surface area contributed by atoms with Crippen LogP contribution in [0, 0.1) is 0 Å². The minimum Gasteiger partial charge on any atom is -0.493 e. The maximum atomic E-state index is 12.8. The molecule has 0 aliphatic rings. The Morgan fingerprint density at radius 2 is 1.69 bits per heavy atom. The van der Waals surface area contributed by atoms with E-state index >= 15 is 0 Å². The molecule has 0 heterocycles. The zero-order chi connectivity index (χ0) is 26.0. The van der Waals surface area contributed by atoms with Crippen LogP contribution in [-0.4, -0.2) is 49.4 Å². The van der Waals surface area contributed by atoms with Crippen LogP contribution in [0.1, 0.15) is 48.2 Å². The van der Waals surface area contributed by atoms with Gasteiger partial charge in [0.25, 0.3) is 0 Å². The highest BCUT2D eigenvalue weighted by Gasteiger charge is 2.30. The summed E-state index contributed by atoms with van der Waals surface area (Å²) in [6.45, 7) is 3.00. The Morgan fingerprint density at radius 3 is 2.26 bits per heavy atom. The van der Waals surface area contributed by atoms with Gasteiger partial charge in [-0.3, -0.25) is 14.4 Å². The van der Waals surface area contributed by atoms with Gasteiger partial charge < -0.3 is 19.1 Å². The largest absolute Gasteiger partial charge is 0.493 e. The van der Waals surface area contributed by atoms with Gasteiger partial charge in [0.2, 0.25) is 5.91 Å². The molecule has 0 atom stereocenters. The van der Waals surface area contributed by atoms with E-state index in [4.69, 9.17) is 14.2 Å². The molecule has 10 heteroatoms. The molecule has 0 radical (unpaired) electrons. The number of Topliss-reactive ketones (excluding diaryl/α,β-unsaturated/α-hetero) is 1. The average molecular weight is 495 g/mol. The molecule has 0 fully saturated rings. The molecule has 0 bridgehead atoms. The van der Waals surface area contributed by atoms with Crippen LogP contribution < -0.4 is 9.47 Å². The number of hydrogen-bond acceptors (Lipinski definition) is 6. The lowest BCUT2D eigenvalue weighted by Gasteiger charge is -2.22. The van der Waals surface area contributed by atoms with Gasteiger partial charge in [0, 0.05) is 18.5 Å². The SMILES string of the molecule is CCOC(=O)CN(Cc1ccc(C(F)(F)F)cc1)C(=O)CCCOc1ccc(C(C)=O)cc1OC. The van der Waals surface area contributed by atoms with Crippen LogP contribution in [0.15, 0.2) is 42.5 Å². The smallest absolute Gasteiger partial charge is 0.416 e. The summed E-state index contributed by atoms with van der Waals surface area (Å²) in [7, 11) is 1.45. The molecule has 0 aliphatic heterocycles. The normalized spacial score (nSPS) is 11.0. The van der Waals surface area contributed by atoms with E-state index in [9.17, 15) is 27.6 Å². The number of rotatable bonds is 12. The van der Waals surface area contributed by atoms with E-state index in [1.54, 1.807) is 25.1 Å². The maximum Gasteiger partial charge on any atom is 0.416 e. The van der Waals surface area contributed by atoms with Crippen LogP contribution in [0.3, 0.4) is 0 Å². The summed E-state index contributed by atoms with van der Waals surface area (Å²) in [6.07, 6.45) is -4.12. The van der Waals surface area contributed by atoms with Gasteiger partial charge in [-0.05, 0) is 56.2 Å². The Hall–Kier alpha value is -3.56. The van der Waals surface area contributed by atoms with Crippen LogP contribution in [0.2, 0.25) is 0 Å². The van der Waals surface area contributed by atoms with Crippen molar-refractivity contribution in [3.63, 3.8) is 0 Å². The molecule has 35 heavy (non-hydrogen) atoms. The Labute approximate surface area is 201 Å². The van der Waals surface area contributed by atoms with Crippen molar-refractivity contribution in [1.29, 1.82) is 0 Å². The van der Waals surface area contributed by atoms with E-state index in [1.165, 1.54) is 31.1 Å². The van der Waals surface area contributed by atoms with Crippen LogP contribution in [0.4, 0.5) is 13.2 Å². The lowest BCUT2D eigenvalue weighted by Crippen LogP contribution is -2.36. The van der Waals surface area contributed by atoms with E-state index in [-0.39, 0.29) is 44.4 Å². The summed E-state index contributed by atoms with van der Waals surface area (Å²) in [6, 6.07) is 9.18. The van der Waals surface area contributed by atoms with Gasteiger partial charge in [0.15, 0.2) is 17.3 Å². The quantitative estimate of drug-likeness (QED) is 0.242. The van der Waals surface area contributed by atoms with Crippen LogP contribution in [0.25, 0.3) is 0 Å². The van der Waals surface area contributed by atoms with Crippen LogP contribution in [-0.2, 0) is 27.0 Å². The van der Waals surface area contributed by atoms with Crippen LogP contribution >= 0.6 is 0 Å². The van der Waals surface area contributed by atoms with E-state index in [2.05, 4.69) is 0 Å².